The van der Waals surface area contributed by atoms with Gasteiger partial charge in [0, 0.05) is 17.1 Å². The van der Waals surface area contributed by atoms with Gasteiger partial charge in [-0.1, -0.05) is 0 Å². The summed E-state index contributed by atoms with van der Waals surface area (Å²) >= 11 is -4.11. The standard InChI is InChI=1S/Mn.O3Te/c;1-4(2)3. The molecular weight excluding hydrogens is 231 g/mol. The first-order valence-electron chi connectivity index (χ1n) is 0.500. The maximum Gasteiger partial charge on any atom is 0 e. The van der Waals surface area contributed by atoms with E-state index in [0.29, 0.717) is 0 Å². The van der Waals surface area contributed by atoms with Gasteiger partial charge in [-0.3, -0.25) is 0 Å². The van der Waals surface area contributed by atoms with Crippen molar-refractivity contribution >= 4 is 19.5 Å². The second-order valence-electron chi connectivity index (χ2n) is 0.204. The van der Waals surface area contributed by atoms with Gasteiger partial charge in [0.2, 0.25) is 0 Å². The Kier molecular flexibility index (Phi) is 8.67. The molecule has 0 saturated heterocycles. The van der Waals surface area contributed by atoms with E-state index in [2.05, 4.69) is 0 Å². The smallest absolute Gasteiger partial charge is 0 e. The van der Waals surface area contributed by atoms with Gasteiger partial charge in [0.1, 0.15) is 0 Å². The summed E-state index contributed by atoms with van der Waals surface area (Å²) in [5.41, 5.74) is 0. The van der Waals surface area contributed by atoms with Crippen LogP contribution in [-0.4, -0.2) is 19.5 Å². The van der Waals surface area contributed by atoms with E-state index in [1.165, 1.54) is 0 Å². The maximum atomic E-state index is 8.59. The molecule has 0 atom stereocenters. The van der Waals surface area contributed by atoms with Crippen molar-refractivity contribution in [3.63, 3.8) is 0 Å². The first-order valence-corrected chi connectivity index (χ1v) is 3.35. The van der Waals surface area contributed by atoms with Crippen LogP contribution in [-0.2, 0) is 26.4 Å². The Bertz CT molecular complexity index is 76.3. The molecule has 3 nitrogen and oxygen atoms in total. The molecule has 0 amide bonds. The first kappa shape index (κ1) is 9.20. The SMILES string of the molecule is O=[Te](=O)=O.[Mn]. The van der Waals surface area contributed by atoms with Crippen molar-refractivity contribution < 1.29 is 26.4 Å². The molecule has 0 fully saturated rings. The third-order valence-electron chi connectivity index (χ3n) is 0. The summed E-state index contributed by atoms with van der Waals surface area (Å²) < 4.78 is 25.8. The van der Waals surface area contributed by atoms with E-state index >= 15 is 0 Å². The molecule has 0 unspecified atom stereocenters. The van der Waals surface area contributed by atoms with Crippen LogP contribution in [0, 0.1) is 0 Å². The normalized spacial score (nSPS) is 4.80. The summed E-state index contributed by atoms with van der Waals surface area (Å²) in [6, 6.07) is 0. The summed E-state index contributed by atoms with van der Waals surface area (Å²) in [6.07, 6.45) is 0. The summed E-state index contributed by atoms with van der Waals surface area (Å²) in [5, 5.41) is 0. The van der Waals surface area contributed by atoms with Gasteiger partial charge < -0.3 is 0 Å². The zero-order valence-electron chi connectivity index (χ0n) is 2.01. The number of hydrogen-bond acceptors (Lipinski definition) is 3. The van der Waals surface area contributed by atoms with Gasteiger partial charge in [-0.25, -0.2) is 0 Å². The topological polar surface area (TPSA) is 51.2 Å². The van der Waals surface area contributed by atoms with Crippen LogP contribution >= 0.6 is 0 Å². The summed E-state index contributed by atoms with van der Waals surface area (Å²) in [7, 11) is 0. The molecule has 0 heterocycles. The Balaban J connectivity index is 0. The van der Waals surface area contributed by atoms with E-state index in [9.17, 15) is 0 Å². The second kappa shape index (κ2) is 4.71. The van der Waals surface area contributed by atoms with Crippen LogP contribution in [0.25, 0.3) is 0 Å². The molecule has 0 spiro atoms. The summed E-state index contributed by atoms with van der Waals surface area (Å²) in [5.74, 6) is 0. The van der Waals surface area contributed by atoms with Gasteiger partial charge in [-0.15, -0.1) is 0 Å². The minimum Gasteiger partial charge on any atom is 0 e. The molecule has 5 heavy (non-hydrogen) atoms. The fraction of sp³-hybridized carbons (Fsp3) is 0. The molecule has 31 valence electrons. The van der Waals surface area contributed by atoms with Gasteiger partial charge in [-0.05, 0) is 0 Å². The van der Waals surface area contributed by atoms with Crippen molar-refractivity contribution in [3.05, 3.63) is 0 Å². The van der Waals surface area contributed by atoms with Crippen LogP contribution in [0.1, 0.15) is 0 Å². The van der Waals surface area contributed by atoms with Crippen LogP contribution in [0.15, 0.2) is 0 Å². The van der Waals surface area contributed by atoms with Crippen molar-refractivity contribution in [1.82, 2.24) is 0 Å². The molecule has 0 N–H and O–H groups in total. The number of hydrogen-bond donors (Lipinski definition) is 0. The van der Waals surface area contributed by atoms with E-state index in [4.69, 9.17) is 9.31 Å². The molecule has 0 aromatic heterocycles. The van der Waals surface area contributed by atoms with Crippen molar-refractivity contribution in [3.8, 4) is 0 Å². The van der Waals surface area contributed by atoms with Gasteiger partial charge in [0.15, 0.2) is 0 Å². The molecule has 0 bridgehead atoms. The van der Waals surface area contributed by atoms with Gasteiger partial charge in [0.05, 0.1) is 0 Å². The minimum absolute atomic E-state index is 0. The molecule has 0 saturated carbocycles. The van der Waals surface area contributed by atoms with E-state index in [1.54, 1.807) is 0 Å². The van der Waals surface area contributed by atoms with Crippen molar-refractivity contribution in [1.29, 1.82) is 0 Å². The minimum atomic E-state index is -4.11. The summed E-state index contributed by atoms with van der Waals surface area (Å²) in [4.78, 5) is 0. The second-order valence-corrected chi connectivity index (χ2v) is 1.37. The van der Waals surface area contributed by atoms with Crippen LogP contribution < -0.4 is 0 Å². The van der Waals surface area contributed by atoms with Gasteiger partial charge >= 0.3 is 28.8 Å². The van der Waals surface area contributed by atoms with Crippen LogP contribution in [0.4, 0.5) is 0 Å². The molecular formula is MnO3Te. The number of rotatable bonds is 0. The molecule has 0 aliphatic rings. The molecule has 0 aromatic carbocycles. The zero-order valence-corrected chi connectivity index (χ0v) is 5.52. The van der Waals surface area contributed by atoms with Crippen molar-refractivity contribution in [2.24, 2.45) is 0 Å². The van der Waals surface area contributed by atoms with Crippen LogP contribution in [0.3, 0.4) is 0 Å². The maximum absolute atomic E-state index is 8.59. The van der Waals surface area contributed by atoms with Crippen LogP contribution in [0.2, 0.25) is 0 Å². The summed E-state index contributed by atoms with van der Waals surface area (Å²) in [6.45, 7) is 0. The Morgan fingerprint density at radius 2 is 1.00 bits per heavy atom. The molecule has 0 aliphatic heterocycles. The van der Waals surface area contributed by atoms with Crippen LogP contribution in [0.5, 0.6) is 0 Å². The van der Waals surface area contributed by atoms with E-state index in [1.807, 2.05) is 0 Å². The molecule has 5 heteroatoms. The average molecular weight is 231 g/mol. The predicted octanol–water partition coefficient (Wildman–Crippen LogP) is -0.740. The van der Waals surface area contributed by atoms with E-state index < -0.39 is 19.5 Å². The fourth-order valence-electron chi connectivity index (χ4n) is 0. The van der Waals surface area contributed by atoms with Crippen molar-refractivity contribution in [2.75, 3.05) is 0 Å². The monoisotopic (exact) mass is 233 g/mol. The molecule has 0 aliphatic carbocycles. The molecule has 0 aromatic rings. The quantitative estimate of drug-likeness (QED) is 0.515. The Morgan fingerprint density at radius 3 is 1.00 bits per heavy atom. The third-order valence-corrected chi connectivity index (χ3v) is 0. The fourth-order valence-corrected chi connectivity index (χ4v) is 0. The third kappa shape index (κ3) is 68.7. The van der Waals surface area contributed by atoms with Gasteiger partial charge in [-0.2, -0.15) is 0 Å². The Morgan fingerprint density at radius 1 is 1.00 bits per heavy atom. The van der Waals surface area contributed by atoms with E-state index in [0.717, 1.165) is 0 Å². The Hall–Kier alpha value is 0.709. The first-order chi connectivity index (χ1) is 1.73. The van der Waals surface area contributed by atoms with Crippen molar-refractivity contribution in [2.45, 2.75) is 0 Å². The molecule has 1 radical (unpaired) electrons. The van der Waals surface area contributed by atoms with Gasteiger partial charge in [0.25, 0.3) is 0 Å². The largest absolute Gasteiger partial charge is 0 e. The Labute approximate surface area is 46.0 Å². The van der Waals surface area contributed by atoms with E-state index in [-0.39, 0.29) is 17.1 Å². The predicted molar refractivity (Wildman–Crippen MR) is 7.81 cm³/mol. The average Bonchev–Trinajstić information content (AvgIpc) is 0.811. The zero-order chi connectivity index (χ0) is 3.58. The molecule has 0 rings (SSSR count).